The second-order valence-electron chi connectivity index (χ2n) is 3.43. The van der Waals surface area contributed by atoms with E-state index >= 15 is 0 Å². The number of carbonyl (C=O) groups excluding carboxylic acids is 1. The highest BCUT2D eigenvalue weighted by atomic mass is 16.4. The van der Waals surface area contributed by atoms with Crippen molar-refractivity contribution in [2.75, 3.05) is 11.4 Å². The first kappa shape index (κ1) is 8.99. The van der Waals surface area contributed by atoms with Crippen LogP contribution < -0.4 is 15.0 Å². The molecule has 0 aliphatic carbocycles. The van der Waals surface area contributed by atoms with Crippen molar-refractivity contribution < 1.29 is 14.9 Å². The molecule has 4 heteroatoms. The van der Waals surface area contributed by atoms with E-state index in [2.05, 4.69) is 4.98 Å². The molecule has 1 saturated heterocycles. The molecule has 0 unspecified atom stereocenters. The van der Waals surface area contributed by atoms with Gasteiger partial charge in [-0.3, -0.25) is 0 Å². The first-order valence-corrected chi connectivity index (χ1v) is 4.72. The summed E-state index contributed by atoms with van der Waals surface area (Å²) in [5.41, 5.74) is 0.940. The number of rotatable bonds is 2. The first-order chi connectivity index (χ1) is 6.79. The Kier molecular flexibility index (Phi) is 2.35. The number of carboxylic acids is 1. The zero-order valence-electron chi connectivity index (χ0n) is 7.77. The van der Waals surface area contributed by atoms with Crippen molar-refractivity contribution in [3.8, 4) is 0 Å². The Bertz CT molecular complexity index is 326. The molecule has 1 N–H and O–H groups in total. The predicted molar refractivity (Wildman–Crippen MR) is 48.4 cm³/mol. The summed E-state index contributed by atoms with van der Waals surface area (Å²) >= 11 is 0. The molecule has 14 heavy (non-hydrogen) atoms. The molecule has 0 amide bonds. The van der Waals surface area contributed by atoms with Gasteiger partial charge in [0.25, 0.3) is 0 Å². The molecular formula is C10H12N2O2. The molecule has 1 aromatic heterocycles. The molecule has 74 valence electrons. The van der Waals surface area contributed by atoms with Crippen LogP contribution in [0.25, 0.3) is 0 Å². The lowest BCUT2D eigenvalue weighted by atomic mass is 10.2. The predicted octanol–water partition coefficient (Wildman–Crippen LogP) is -0.781. The molecule has 0 radical (unpaired) electrons. The highest BCUT2D eigenvalue weighted by Gasteiger charge is 2.25. The fraction of sp³-hybridized carbons (Fsp3) is 0.400. The lowest BCUT2D eigenvalue weighted by Crippen LogP contribution is -2.44. The van der Waals surface area contributed by atoms with Crippen LogP contribution in [0, 0.1) is 0 Å². The number of hydrogen-bond donors (Lipinski definition) is 0. The van der Waals surface area contributed by atoms with Gasteiger partial charge in [0, 0.05) is 24.4 Å². The molecule has 1 aliphatic heterocycles. The third kappa shape index (κ3) is 1.55. The van der Waals surface area contributed by atoms with Gasteiger partial charge in [-0.15, -0.1) is 0 Å². The summed E-state index contributed by atoms with van der Waals surface area (Å²) in [6.45, 7) is 0.794. The van der Waals surface area contributed by atoms with Crippen LogP contribution in [0.15, 0.2) is 24.5 Å². The molecule has 1 atom stereocenters. The van der Waals surface area contributed by atoms with Gasteiger partial charge in [0.15, 0.2) is 12.4 Å². The molecule has 0 saturated carbocycles. The Labute approximate surface area is 82.2 Å². The van der Waals surface area contributed by atoms with Crippen molar-refractivity contribution in [3.63, 3.8) is 0 Å². The number of anilines is 1. The van der Waals surface area contributed by atoms with E-state index in [-0.39, 0.29) is 0 Å². The average molecular weight is 192 g/mol. The number of aromatic nitrogens is 1. The van der Waals surface area contributed by atoms with Crippen LogP contribution >= 0.6 is 0 Å². The molecule has 4 nitrogen and oxygen atoms in total. The molecule has 2 heterocycles. The molecular weight excluding hydrogens is 180 g/mol. The minimum atomic E-state index is -0.977. The summed E-state index contributed by atoms with van der Waals surface area (Å²) in [7, 11) is 0. The fourth-order valence-electron chi connectivity index (χ4n) is 1.89. The van der Waals surface area contributed by atoms with Crippen LogP contribution in [-0.2, 0) is 4.79 Å². The van der Waals surface area contributed by atoms with Gasteiger partial charge in [0.2, 0.25) is 0 Å². The Balaban J connectivity index is 2.22. The van der Waals surface area contributed by atoms with Gasteiger partial charge >= 0.3 is 0 Å². The number of aromatic amines is 1. The van der Waals surface area contributed by atoms with Gasteiger partial charge in [0.1, 0.15) is 0 Å². The third-order valence-electron chi connectivity index (χ3n) is 2.56. The van der Waals surface area contributed by atoms with E-state index in [4.69, 9.17) is 0 Å². The van der Waals surface area contributed by atoms with Crippen molar-refractivity contribution in [1.29, 1.82) is 0 Å². The van der Waals surface area contributed by atoms with Crippen LogP contribution in [0.5, 0.6) is 0 Å². The van der Waals surface area contributed by atoms with Crippen LogP contribution in [0.2, 0.25) is 0 Å². The van der Waals surface area contributed by atoms with Crippen LogP contribution in [-0.4, -0.2) is 18.6 Å². The van der Waals surface area contributed by atoms with Crippen molar-refractivity contribution in [1.82, 2.24) is 0 Å². The lowest BCUT2D eigenvalue weighted by molar-refractivity contribution is -0.377. The number of nitrogens with one attached hydrogen (secondary N) is 1. The minimum Gasteiger partial charge on any atom is -0.548 e. The highest BCUT2D eigenvalue weighted by molar-refractivity contribution is 5.77. The summed E-state index contributed by atoms with van der Waals surface area (Å²) < 4.78 is 0. The zero-order valence-corrected chi connectivity index (χ0v) is 7.77. The van der Waals surface area contributed by atoms with Crippen molar-refractivity contribution in [2.24, 2.45) is 0 Å². The SMILES string of the molecule is O=C([O-])[C@@H]1CCCN1c1cc[nH+]cc1. The van der Waals surface area contributed by atoms with E-state index in [9.17, 15) is 9.90 Å². The average Bonchev–Trinajstić information content (AvgIpc) is 2.67. The van der Waals surface area contributed by atoms with E-state index < -0.39 is 12.0 Å². The van der Waals surface area contributed by atoms with Crippen molar-refractivity contribution in [2.45, 2.75) is 18.9 Å². The molecule has 0 spiro atoms. The number of hydrogen-bond acceptors (Lipinski definition) is 3. The smallest absolute Gasteiger partial charge is 0.169 e. The van der Waals surface area contributed by atoms with Gasteiger partial charge in [0.05, 0.1) is 12.0 Å². The third-order valence-corrected chi connectivity index (χ3v) is 2.56. The molecule has 2 rings (SSSR count). The Morgan fingerprint density at radius 2 is 2.21 bits per heavy atom. The molecule has 1 fully saturated rings. The van der Waals surface area contributed by atoms with E-state index in [1.54, 1.807) is 12.4 Å². The number of carboxylic acid groups (broad SMARTS) is 1. The number of aliphatic carboxylic acids is 1. The largest absolute Gasteiger partial charge is 0.548 e. The molecule has 0 bridgehead atoms. The second kappa shape index (κ2) is 3.65. The number of H-pyrrole nitrogens is 1. The van der Waals surface area contributed by atoms with Gasteiger partial charge in [-0.2, -0.15) is 0 Å². The van der Waals surface area contributed by atoms with E-state index in [0.29, 0.717) is 6.42 Å². The normalized spacial score (nSPS) is 21.1. The van der Waals surface area contributed by atoms with E-state index in [1.807, 2.05) is 17.0 Å². The molecule has 1 aliphatic rings. The fourth-order valence-corrected chi connectivity index (χ4v) is 1.89. The van der Waals surface area contributed by atoms with Gasteiger partial charge in [-0.05, 0) is 12.8 Å². The van der Waals surface area contributed by atoms with Gasteiger partial charge in [-0.1, -0.05) is 0 Å². The number of pyridine rings is 1. The lowest BCUT2D eigenvalue weighted by Gasteiger charge is -2.26. The van der Waals surface area contributed by atoms with Crippen molar-refractivity contribution in [3.05, 3.63) is 24.5 Å². The minimum absolute atomic E-state index is 0.461. The highest BCUT2D eigenvalue weighted by Crippen LogP contribution is 2.23. The van der Waals surface area contributed by atoms with Gasteiger partial charge in [-0.25, -0.2) is 4.98 Å². The number of nitrogens with zero attached hydrogens (tertiary/aromatic N) is 1. The Morgan fingerprint density at radius 1 is 1.50 bits per heavy atom. The Hall–Kier alpha value is -1.58. The second-order valence-corrected chi connectivity index (χ2v) is 3.43. The summed E-state index contributed by atoms with van der Waals surface area (Å²) in [6.07, 6.45) is 5.18. The van der Waals surface area contributed by atoms with Gasteiger partial charge < -0.3 is 14.8 Å². The standard InChI is InChI=1S/C10H12N2O2/c13-10(14)9-2-1-7-12(9)8-3-5-11-6-4-8/h3-6,9H,1-2,7H2,(H,13,14)/t9-/m0/s1. The quantitative estimate of drug-likeness (QED) is 0.617. The first-order valence-electron chi connectivity index (χ1n) is 4.72. The van der Waals surface area contributed by atoms with Crippen LogP contribution in [0.1, 0.15) is 12.8 Å². The summed E-state index contributed by atoms with van der Waals surface area (Å²) in [6, 6.07) is 3.29. The maximum Gasteiger partial charge on any atom is 0.169 e. The zero-order chi connectivity index (χ0) is 9.97. The van der Waals surface area contributed by atoms with E-state index in [1.165, 1.54) is 0 Å². The van der Waals surface area contributed by atoms with Crippen molar-refractivity contribution >= 4 is 11.7 Å². The summed E-state index contributed by atoms with van der Waals surface area (Å²) in [5, 5.41) is 10.8. The summed E-state index contributed by atoms with van der Waals surface area (Å²) in [4.78, 5) is 15.6. The maximum absolute atomic E-state index is 10.8. The monoisotopic (exact) mass is 192 g/mol. The van der Waals surface area contributed by atoms with Crippen LogP contribution in [0.4, 0.5) is 5.69 Å². The maximum atomic E-state index is 10.8. The molecule has 1 aromatic rings. The van der Waals surface area contributed by atoms with E-state index in [0.717, 1.165) is 18.7 Å². The summed E-state index contributed by atoms with van der Waals surface area (Å²) in [5.74, 6) is -0.977. The topological polar surface area (TPSA) is 57.5 Å². The Morgan fingerprint density at radius 3 is 2.86 bits per heavy atom. The number of carbonyl (C=O) groups is 1. The van der Waals surface area contributed by atoms with Crippen LogP contribution in [0.3, 0.4) is 0 Å². The molecule has 0 aromatic carbocycles.